The van der Waals surface area contributed by atoms with Crippen LogP contribution in [-0.4, -0.2) is 39.1 Å². The summed E-state index contributed by atoms with van der Waals surface area (Å²) in [6.07, 6.45) is 2.43. The number of benzene rings is 1. The predicted molar refractivity (Wildman–Crippen MR) is 93.4 cm³/mol. The second-order valence-electron chi connectivity index (χ2n) is 5.07. The van der Waals surface area contributed by atoms with E-state index in [-0.39, 0.29) is 30.7 Å². The lowest BCUT2D eigenvalue weighted by Crippen LogP contribution is -2.32. The van der Waals surface area contributed by atoms with Gasteiger partial charge in [-0.1, -0.05) is 11.6 Å². The van der Waals surface area contributed by atoms with Crippen molar-refractivity contribution >= 4 is 36.4 Å². The van der Waals surface area contributed by atoms with Crippen molar-refractivity contribution in [2.75, 3.05) is 38.1 Å². The summed E-state index contributed by atoms with van der Waals surface area (Å²) in [5, 5.41) is 5.99. The predicted octanol–water partition coefficient (Wildman–Crippen LogP) is 2.39. The van der Waals surface area contributed by atoms with Gasteiger partial charge in [0.25, 0.3) is 5.91 Å². The molecule has 0 atom stereocenters. The van der Waals surface area contributed by atoms with Crippen LogP contribution in [0.2, 0.25) is 0 Å². The third-order valence-corrected chi connectivity index (χ3v) is 3.50. The molecule has 0 radical (unpaired) electrons. The van der Waals surface area contributed by atoms with Crippen LogP contribution < -0.4 is 15.5 Å². The Morgan fingerprint density at radius 2 is 1.86 bits per heavy atom. The molecule has 0 aromatic heterocycles. The first kappa shape index (κ1) is 20.0. The first-order valence-electron chi connectivity index (χ1n) is 7.01. The highest BCUT2D eigenvalue weighted by Gasteiger charge is 2.19. The lowest BCUT2D eigenvalue weighted by molar-refractivity contribution is 0.0954. The van der Waals surface area contributed by atoms with Crippen molar-refractivity contribution < 1.29 is 4.79 Å². The monoisotopic (exact) mass is 333 g/mol. The zero-order valence-corrected chi connectivity index (χ0v) is 14.3. The molecule has 2 rings (SSSR count). The Hall–Kier alpha value is -0.970. The molecule has 21 heavy (non-hydrogen) atoms. The van der Waals surface area contributed by atoms with Crippen molar-refractivity contribution in [3.8, 4) is 0 Å². The molecule has 2 N–H and O–H groups in total. The van der Waals surface area contributed by atoms with Gasteiger partial charge in [-0.05, 0) is 38.9 Å². The average Bonchev–Trinajstić information content (AvgIpc) is 2.92. The Bertz CT molecular complexity index is 449. The molecule has 0 spiro atoms. The smallest absolute Gasteiger partial charge is 0.253 e. The van der Waals surface area contributed by atoms with Crippen LogP contribution in [0.1, 0.15) is 28.8 Å². The Balaban J connectivity index is 0.00000200. The van der Waals surface area contributed by atoms with Gasteiger partial charge in [0.2, 0.25) is 0 Å². The molecule has 1 aromatic carbocycles. The van der Waals surface area contributed by atoms with Crippen molar-refractivity contribution in [2.45, 2.75) is 19.8 Å². The lowest BCUT2D eigenvalue weighted by Gasteiger charge is -2.21. The quantitative estimate of drug-likeness (QED) is 0.813. The number of hydrogen-bond donors (Lipinski definition) is 2. The van der Waals surface area contributed by atoms with E-state index in [0.29, 0.717) is 6.54 Å². The third-order valence-electron chi connectivity index (χ3n) is 3.50. The van der Waals surface area contributed by atoms with E-state index in [1.807, 2.05) is 20.0 Å². The fraction of sp³-hybridized carbons (Fsp3) is 0.533. The summed E-state index contributed by atoms with van der Waals surface area (Å²) in [7, 11) is 1.88. The average molecular weight is 334 g/mol. The Kier molecular flexibility index (Phi) is 9.42. The Labute approximate surface area is 139 Å². The van der Waals surface area contributed by atoms with Gasteiger partial charge in [0.1, 0.15) is 0 Å². The number of nitrogens with one attached hydrogen (secondary N) is 2. The van der Waals surface area contributed by atoms with Gasteiger partial charge in [0.05, 0.1) is 5.56 Å². The number of aryl methyl sites for hydroxylation is 1. The third kappa shape index (κ3) is 5.38. The molecule has 1 amide bonds. The van der Waals surface area contributed by atoms with Crippen LogP contribution in [0.4, 0.5) is 5.69 Å². The Morgan fingerprint density at radius 1 is 1.19 bits per heavy atom. The first-order chi connectivity index (χ1) is 9.22. The van der Waals surface area contributed by atoms with Crippen molar-refractivity contribution in [3.05, 3.63) is 29.3 Å². The molecule has 1 aliphatic heterocycles. The summed E-state index contributed by atoms with van der Waals surface area (Å²) in [4.78, 5) is 14.6. The highest BCUT2D eigenvalue weighted by molar-refractivity contribution is 6.00. The lowest BCUT2D eigenvalue weighted by atomic mass is 10.1. The van der Waals surface area contributed by atoms with Gasteiger partial charge >= 0.3 is 0 Å². The molecule has 1 aromatic rings. The highest BCUT2D eigenvalue weighted by Crippen LogP contribution is 2.25. The Morgan fingerprint density at radius 3 is 2.48 bits per heavy atom. The van der Waals surface area contributed by atoms with Crippen LogP contribution in [0.3, 0.4) is 0 Å². The summed E-state index contributed by atoms with van der Waals surface area (Å²) < 4.78 is 0. The molecule has 1 heterocycles. The van der Waals surface area contributed by atoms with Crippen LogP contribution in [0.5, 0.6) is 0 Å². The topological polar surface area (TPSA) is 44.4 Å². The van der Waals surface area contributed by atoms with Gasteiger partial charge in [-0.15, -0.1) is 24.8 Å². The molecular formula is C15H25Cl2N3O. The largest absolute Gasteiger partial charge is 0.371 e. The molecule has 0 unspecified atom stereocenters. The highest BCUT2D eigenvalue weighted by atomic mass is 35.5. The maximum Gasteiger partial charge on any atom is 0.253 e. The van der Waals surface area contributed by atoms with E-state index >= 15 is 0 Å². The molecular weight excluding hydrogens is 309 g/mol. The van der Waals surface area contributed by atoms with E-state index in [9.17, 15) is 4.79 Å². The number of halogens is 2. The van der Waals surface area contributed by atoms with E-state index in [0.717, 1.165) is 36.4 Å². The molecule has 6 heteroatoms. The van der Waals surface area contributed by atoms with Gasteiger partial charge < -0.3 is 15.5 Å². The summed E-state index contributed by atoms with van der Waals surface area (Å²) in [6, 6.07) is 6.15. The van der Waals surface area contributed by atoms with E-state index in [1.165, 1.54) is 12.8 Å². The standard InChI is InChI=1S/C15H23N3O.2ClH/c1-12-5-6-14(18-9-3-4-10-18)13(11-12)15(19)17-8-7-16-2;;/h5-6,11,16H,3-4,7-10H2,1-2H3,(H,17,19);2*1H. The zero-order valence-electron chi connectivity index (χ0n) is 12.6. The SMILES string of the molecule is CNCCNC(=O)c1cc(C)ccc1N1CCCC1.Cl.Cl. The summed E-state index contributed by atoms with van der Waals surface area (Å²) in [5.41, 5.74) is 3.00. The van der Waals surface area contributed by atoms with Crippen molar-refractivity contribution in [2.24, 2.45) is 0 Å². The molecule has 0 saturated carbocycles. The number of carbonyl (C=O) groups excluding carboxylic acids is 1. The fourth-order valence-electron chi connectivity index (χ4n) is 2.46. The number of anilines is 1. The minimum Gasteiger partial charge on any atom is -0.371 e. The van der Waals surface area contributed by atoms with Gasteiger partial charge in [-0.3, -0.25) is 4.79 Å². The minimum absolute atomic E-state index is 0. The fourth-order valence-corrected chi connectivity index (χ4v) is 2.46. The van der Waals surface area contributed by atoms with Crippen LogP contribution >= 0.6 is 24.8 Å². The van der Waals surface area contributed by atoms with Gasteiger partial charge in [0, 0.05) is 31.9 Å². The van der Waals surface area contributed by atoms with Crippen molar-refractivity contribution in [1.29, 1.82) is 0 Å². The molecule has 1 fully saturated rings. The summed E-state index contributed by atoms with van der Waals surface area (Å²) >= 11 is 0. The maximum atomic E-state index is 12.3. The van der Waals surface area contributed by atoms with Crippen LogP contribution in [0, 0.1) is 6.92 Å². The second kappa shape index (κ2) is 9.87. The minimum atomic E-state index is 0. The second-order valence-corrected chi connectivity index (χ2v) is 5.07. The van der Waals surface area contributed by atoms with E-state index in [4.69, 9.17) is 0 Å². The molecule has 0 aliphatic carbocycles. The molecule has 4 nitrogen and oxygen atoms in total. The van der Waals surface area contributed by atoms with E-state index < -0.39 is 0 Å². The zero-order chi connectivity index (χ0) is 13.7. The number of nitrogens with zero attached hydrogens (tertiary/aromatic N) is 1. The first-order valence-corrected chi connectivity index (χ1v) is 7.01. The number of hydrogen-bond acceptors (Lipinski definition) is 3. The van der Waals surface area contributed by atoms with Crippen LogP contribution in [-0.2, 0) is 0 Å². The van der Waals surface area contributed by atoms with Crippen molar-refractivity contribution in [1.82, 2.24) is 10.6 Å². The van der Waals surface area contributed by atoms with Crippen LogP contribution in [0.25, 0.3) is 0 Å². The normalized spacial score (nSPS) is 13.3. The van der Waals surface area contributed by atoms with Gasteiger partial charge in [0.15, 0.2) is 0 Å². The number of rotatable bonds is 5. The van der Waals surface area contributed by atoms with E-state index in [1.54, 1.807) is 0 Å². The molecule has 120 valence electrons. The molecule has 0 bridgehead atoms. The van der Waals surface area contributed by atoms with E-state index in [2.05, 4.69) is 27.7 Å². The molecule has 1 aliphatic rings. The van der Waals surface area contributed by atoms with Crippen molar-refractivity contribution in [3.63, 3.8) is 0 Å². The van der Waals surface area contributed by atoms with Crippen LogP contribution in [0.15, 0.2) is 18.2 Å². The number of carbonyl (C=O) groups is 1. The number of amides is 1. The maximum absolute atomic E-state index is 12.3. The summed E-state index contributed by atoms with van der Waals surface area (Å²) in [5.74, 6) is 0.0286. The summed E-state index contributed by atoms with van der Waals surface area (Å²) in [6.45, 7) is 5.58. The van der Waals surface area contributed by atoms with Gasteiger partial charge in [-0.2, -0.15) is 0 Å². The van der Waals surface area contributed by atoms with Gasteiger partial charge in [-0.25, -0.2) is 0 Å². The molecule has 1 saturated heterocycles. The number of likely N-dealkylation sites (N-methyl/N-ethyl adjacent to an activating group) is 1.